The fourth-order valence-corrected chi connectivity index (χ4v) is 6.98. The lowest BCUT2D eigenvalue weighted by Crippen LogP contribution is -2.30. The number of nitrogens with zero attached hydrogens (tertiary/aromatic N) is 1. The third-order valence-electron chi connectivity index (χ3n) is 8.86. The summed E-state index contributed by atoms with van der Waals surface area (Å²) < 4.78 is 0. The van der Waals surface area contributed by atoms with Crippen LogP contribution in [-0.2, 0) is 11.8 Å². The van der Waals surface area contributed by atoms with Gasteiger partial charge < -0.3 is 9.88 Å². The second kappa shape index (κ2) is 8.22. The first kappa shape index (κ1) is 22.4. The Bertz CT molecular complexity index is 1940. The van der Waals surface area contributed by atoms with Gasteiger partial charge in [0.1, 0.15) is 0 Å². The van der Waals surface area contributed by atoms with Gasteiger partial charge in [-0.3, -0.25) is 0 Å². The molecule has 0 saturated carbocycles. The molecule has 2 nitrogen and oxygen atoms in total. The van der Waals surface area contributed by atoms with Crippen LogP contribution in [0.3, 0.4) is 0 Å². The topological polar surface area (TPSA) is 19.0 Å². The molecule has 0 saturated heterocycles. The molecule has 0 bridgehead atoms. The summed E-state index contributed by atoms with van der Waals surface area (Å²) in [5.41, 5.74) is 12.8. The van der Waals surface area contributed by atoms with Crippen molar-refractivity contribution < 1.29 is 0 Å². The highest BCUT2D eigenvalue weighted by atomic mass is 15.2. The van der Waals surface area contributed by atoms with Crippen molar-refractivity contribution in [3.63, 3.8) is 0 Å². The summed E-state index contributed by atoms with van der Waals surface area (Å²) in [5.74, 6) is 0. The molecule has 2 aliphatic rings. The number of hydrogen-bond acceptors (Lipinski definition) is 1. The second-order valence-electron chi connectivity index (χ2n) is 11.4. The van der Waals surface area contributed by atoms with Crippen molar-refractivity contribution in [1.29, 1.82) is 0 Å². The maximum Gasteiger partial charge on any atom is 0.0508 e. The SMILES string of the molecule is CC1(C)c2ccccc2N(c2ccccc2)c2cc(C3=CCCc4c3[nH]c3ccc5ccccc5c43)ccc21. The Morgan fingerprint density at radius 2 is 1.49 bits per heavy atom. The molecule has 1 N–H and O–H groups in total. The van der Waals surface area contributed by atoms with Gasteiger partial charge in [-0.25, -0.2) is 0 Å². The number of aryl methyl sites for hydroxylation is 1. The molecule has 2 heteroatoms. The van der Waals surface area contributed by atoms with E-state index in [1.54, 1.807) is 0 Å². The van der Waals surface area contributed by atoms with Gasteiger partial charge in [0.05, 0.1) is 17.1 Å². The molecular weight excluding hydrogens is 472 g/mol. The molecule has 39 heavy (non-hydrogen) atoms. The molecule has 1 aromatic heterocycles. The summed E-state index contributed by atoms with van der Waals surface area (Å²) in [6, 6.07) is 40.0. The molecule has 5 aromatic carbocycles. The normalized spacial score (nSPS) is 15.5. The average Bonchev–Trinajstić information content (AvgIpc) is 3.37. The fraction of sp³-hybridized carbons (Fsp3) is 0.135. The minimum absolute atomic E-state index is 0.0954. The molecule has 2 heterocycles. The fourth-order valence-electron chi connectivity index (χ4n) is 6.98. The van der Waals surface area contributed by atoms with Gasteiger partial charge in [-0.2, -0.15) is 0 Å². The minimum atomic E-state index is -0.0954. The summed E-state index contributed by atoms with van der Waals surface area (Å²) in [4.78, 5) is 6.28. The van der Waals surface area contributed by atoms with E-state index in [0.29, 0.717) is 0 Å². The zero-order chi connectivity index (χ0) is 26.1. The van der Waals surface area contributed by atoms with Crippen molar-refractivity contribution in [2.24, 2.45) is 0 Å². The Balaban J connectivity index is 1.34. The number of allylic oxidation sites excluding steroid dienone is 1. The van der Waals surface area contributed by atoms with Crippen LogP contribution in [0, 0.1) is 0 Å². The van der Waals surface area contributed by atoms with Crippen LogP contribution in [0.4, 0.5) is 17.1 Å². The van der Waals surface area contributed by atoms with Crippen molar-refractivity contribution in [2.75, 3.05) is 4.90 Å². The quantitative estimate of drug-likeness (QED) is 0.250. The molecule has 1 aliphatic heterocycles. The van der Waals surface area contributed by atoms with Crippen LogP contribution in [0.25, 0.3) is 27.2 Å². The average molecular weight is 503 g/mol. The van der Waals surface area contributed by atoms with Crippen LogP contribution < -0.4 is 4.90 Å². The van der Waals surface area contributed by atoms with Crippen molar-refractivity contribution >= 4 is 44.3 Å². The molecule has 0 radical (unpaired) electrons. The summed E-state index contributed by atoms with van der Waals surface area (Å²) >= 11 is 0. The van der Waals surface area contributed by atoms with Gasteiger partial charge in [0.25, 0.3) is 0 Å². The molecule has 1 aliphatic carbocycles. The highest BCUT2D eigenvalue weighted by Crippen LogP contribution is 2.52. The number of aromatic amines is 1. The predicted molar refractivity (Wildman–Crippen MR) is 164 cm³/mol. The van der Waals surface area contributed by atoms with E-state index in [9.17, 15) is 0 Å². The number of H-pyrrole nitrogens is 1. The highest BCUT2D eigenvalue weighted by molar-refractivity contribution is 6.10. The standard InChI is InChI=1S/C37H30N2/c1-37(2)30-17-8-9-18-33(30)39(26-12-4-3-5-13-26)34-23-25(19-21-31(34)37)28-15-10-16-29-35-27-14-7-6-11-24(27)20-22-32(35)38-36(28)29/h3-9,11-15,17-23,38H,10,16H2,1-2H3. The second-order valence-corrected chi connectivity index (χ2v) is 11.4. The number of aromatic nitrogens is 1. The van der Waals surface area contributed by atoms with Gasteiger partial charge in [-0.05, 0) is 76.2 Å². The van der Waals surface area contributed by atoms with Gasteiger partial charge in [0, 0.05) is 27.6 Å². The smallest absolute Gasteiger partial charge is 0.0508 e. The van der Waals surface area contributed by atoms with Crippen LogP contribution in [0.1, 0.15) is 48.2 Å². The van der Waals surface area contributed by atoms with E-state index in [-0.39, 0.29) is 5.41 Å². The van der Waals surface area contributed by atoms with E-state index in [2.05, 4.69) is 139 Å². The summed E-state index contributed by atoms with van der Waals surface area (Å²) in [5, 5.41) is 4.02. The number of para-hydroxylation sites is 2. The van der Waals surface area contributed by atoms with Gasteiger partial charge in [-0.1, -0.05) is 98.8 Å². The molecule has 188 valence electrons. The van der Waals surface area contributed by atoms with Gasteiger partial charge in [0.2, 0.25) is 0 Å². The Morgan fingerprint density at radius 1 is 0.718 bits per heavy atom. The number of benzene rings is 5. The molecule has 0 amide bonds. The molecule has 0 unspecified atom stereocenters. The molecular formula is C37H30N2. The van der Waals surface area contributed by atoms with E-state index in [1.165, 1.54) is 72.3 Å². The largest absolute Gasteiger partial charge is 0.354 e. The van der Waals surface area contributed by atoms with Gasteiger partial charge in [0.15, 0.2) is 0 Å². The van der Waals surface area contributed by atoms with Gasteiger partial charge >= 0.3 is 0 Å². The number of fused-ring (bicyclic) bond motifs is 7. The molecule has 8 rings (SSSR count). The monoisotopic (exact) mass is 502 g/mol. The van der Waals surface area contributed by atoms with Gasteiger partial charge in [-0.15, -0.1) is 0 Å². The number of hydrogen-bond donors (Lipinski definition) is 1. The lowest BCUT2D eigenvalue weighted by atomic mass is 9.73. The zero-order valence-corrected chi connectivity index (χ0v) is 22.3. The van der Waals surface area contributed by atoms with Crippen molar-refractivity contribution in [2.45, 2.75) is 32.1 Å². The molecule has 6 aromatic rings. The first-order valence-electron chi connectivity index (χ1n) is 13.9. The minimum Gasteiger partial charge on any atom is -0.354 e. The Morgan fingerprint density at radius 3 is 2.38 bits per heavy atom. The van der Waals surface area contributed by atoms with Crippen molar-refractivity contribution in [1.82, 2.24) is 4.98 Å². The first-order chi connectivity index (χ1) is 19.1. The molecule has 0 atom stereocenters. The maximum atomic E-state index is 3.83. The van der Waals surface area contributed by atoms with Crippen LogP contribution in [-0.4, -0.2) is 4.98 Å². The Kier molecular flexibility index (Phi) is 4.73. The van der Waals surface area contributed by atoms with E-state index in [4.69, 9.17) is 0 Å². The van der Waals surface area contributed by atoms with E-state index >= 15 is 0 Å². The summed E-state index contributed by atoms with van der Waals surface area (Å²) in [7, 11) is 0. The summed E-state index contributed by atoms with van der Waals surface area (Å²) in [6.45, 7) is 4.71. The van der Waals surface area contributed by atoms with Crippen LogP contribution in [0.5, 0.6) is 0 Å². The maximum absolute atomic E-state index is 3.83. The highest BCUT2D eigenvalue weighted by Gasteiger charge is 2.37. The Hall–Kier alpha value is -4.56. The van der Waals surface area contributed by atoms with E-state index in [1.807, 2.05) is 0 Å². The first-order valence-corrected chi connectivity index (χ1v) is 13.9. The summed E-state index contributed by atoms with van der Waals surface area (Å²) in [6.07, 6.45) is 4.54. The van der Waals surface area contributed by atoms with Crippen LogP contribution in [0.2, 0.25) is 0 Å². The third kappa shape index (κ3) is 3.21. The van der Waals surface area contributed by atoms with Crippen molar-refractivity contribution in [3.8, 4) is 0 Å². The Labute approximate surface area is 229 Å². The lowest BCUT2D eigenvalue weighted by molar-refractivity contribution is 0.632. The molecule has 0 fully saturated rings. The van der Waals surface area contributed by atoms with E-state index in [0.717, 1.165) is 12.8 Å². The zero-order valence-electron chi connectivity index (χ0n) is 22.3. The third-order valence-corrected chi connectivity index (χ3v) is 8.86. The number of anilines is 3. The predicted octanol–water partition coefficient (Wildman–Crippen LogP) is 9.81. The van der Waals surface area contributed by atoms with Crippen molar-refractivity contribution in [3.05, 3.63) is 143 Å². The lowest BCUT2D eigenvalue weighted by Gasteiger charge is -2.42. The van der Waals surface area contributed by atoms with Crippen LogP contribution in [0.15, 0.2) is 115 Å². The van der Waals surface area contributed by atoms with E-state index < -0.39 is 0 Å². The number of nitrogens with one attached hydrogen (secondary N) is 1. The molecule has 0 spiro atoms. The number of rotatable bonds is 2. The van der Waals surface area contributed by atoms with Crippen LogP contribution >= 0.6 is 0 Å².